The third-order valence-corrected chi connectivity index (χ3v) is 4.60. The summed E-state index contributed by atoms with van der Waals surface area (Å²) in [6.07, 6.45) is 5.40. The predicted molar refractivity (Wildman–Crippen MR) is 85.3 cm³/mol. The summed E-state index contributed by atoms with van der Waals surface area (Å²) in [6.45, 7) is 3.99. The fraction of sp³-hybridized carbons (Fsp3) is 0.500. The molecule has 0 bridgehead atoms. The number of fused-ring (bicyclic) bond motifs is 1. The topological polar surface area (TPSA) is 57.8 Å². The molecule has 1 fully saturated rings. The van der Waals surface area contributed by atoms with Gasteiger partial charge in [-0.1, -0.05) is 18.0 Å². The van der Waals surface area contributed by atoms with Crippen molar-refractivity contribution in [3.63, 3.8) is 0 Å². The van der Waals surface area contributed by atoms with Crippen LogP contribution in [0.4, 0.5) is 0 Å². The van der Waals surface area contributed by atoms with Crippen molar-refractivity contribution in [3.05, 3.63) is 34.7 Å². The first-order valence-electron chi connectivity index (χ1n) is 7.66. The highest BCUT2D eigenvalue weighted by atomic mass is 35.5. The van der Waals surface area contributed by atoms with Crippen LogP contribution in [0.15, 0.2) is 18.3 Å². The minimum absolute atomic E-state index is 0.0587. The third-order valence-electron chi connectivity index (χ3n) is 4.38. The number of carboxylic acids is 1. The standard InChI is InChI=1S/C16H20ClN3O2/c1-11-4-2-3-7-19(11)10-14-13(8-16(21)22)18-15-6-5-12(17)9-20(14)15/h5-6,9,11H,2-4,7-8,10H2,1H3,(H,21,22). The Kier molecular flexibility index (Phi) is 4.36. The van der Waals surface area contributed by atoms with E-state index in [4.69, 9.17) is 16.7 Å². The van der Waals surface area contributed by atoms with Crippen molar-refractivity contribution in [3.8, 4) is 0 Å². The number of carboxylic acid groups (broad SMARTS) is 1. The Morgan fingerprint density at radius 3 is 3.00 bits per heavy atom. The van der Waals surface area contributed by atoms with Gasteiger partial charge in [-0.25, -0.2) is 4.98 Å². The maximum Gasteiger partial charge on any atom is 0.309 e. The largest absolute Gasteiger partial charge is 0.481 e. The maximum atomic E-state index is 11.1. The van der Waals surface area contributed by atoms with E-state index >= 15 is 0 Å². The summed E-state index contributed by atoms with van der Waals surface area (Å²) in [5, 5.41) is 9.76. The van der Waals surface area contributed by atoms with Gasteiger partial charge in [0.25, 0.3) is 0 Å². The van der Waals surface area contributed by atoms with Crippen LogP contribution in [0.25, 0.3) is 5.65 Å². The smallest absolute Gasteiger partial charge is 0.309 e. The van der Waals surface area contributed by atoms with E-state index in [1.807, 2.05) is 16.7 Å². The maximum absolute atomic E-state index is 11.1. The van der Waals surface area contributed by atoms with E-state index in [0.717, 1.165) is 17.9 Å². The lowest BCUT2D eigenvalue weighted by molar-refractivity contribution is -0.136. The zero-order chi connectivity index (χ0) is 15.7. The quantitative estimate of drug-likeness (QED) is 0.940. The molecule has 118 valence electrons. The van der Waals surface area contributed by atoms with E-state index in [1.54, 1.807) is 6.07 Å². The van der Waals surface area contributed by atoms with Crippen LogP contribution in [0.1, 0.15) is 37.6 Å². The van der Waals surface area contributed by atoms with Gasteiger partial charge in [-0.15, -0.1) is 0 Å². The molecular weight excluding hydrogens is 302 g/mol. The van der Waals surface area contributed by atoms with E-state index in [2.05, 4.69) is 16.8 Å². The summed E-state index contributed by atoms with van der Waals surface area (Å²) in [7, 11) is 0. The van der Waals surface area contributed by atoms with Gasteiger partial charge >= 0.3 is 5.97 Å². The molecule has 5 nitrogen and oxygen atoms in total. The van der Waals surface area contributed by atoms with Crippen LogP contribution in [0.2, 0.25) is 5.02 Å². The van der Waals surface area contributed by atoms with Crippen molar-refractivity contribution in [2.75, 3.05) is 6.54 Å². The van der Waals surface area contributed by atoms with Crippen LogP contribution in [-0.2, 0) is 17.8 Å². The Balaban J connectivity index is 2.00. The third kappa shape index (κ3) is 3.10. The van der Waals surface area contributed by atoms with E-state index in [-0.39, 0.29) is 6.42 Å². The predicted octanol–water partition coefficient (Wildman–Crippen LogP) is 2.99. The van der Waals surface area contributed by atoms with E-state index in [9.17, 15) is 4.79 Å². The fourth-order valence-electron chi connectivity index (χ4n) is 3.15. The van der Waals surface area contributed by atoms with Crippen molar-refractivity contribution in [2.24, 2.45) is 0 Å². The van der Waals surface area contributed by atoms with Gasteiger partial charge in [0, 0.05) is 18.8 Å². The average Bonchev–Trinajstić information content (AvgIpc) is 2.78. The molecule has 0 aliphatic carbocycles. The Hall–Kier alpha value is -1.59. The number of aliphatic carboxylic acids is 1. The highest BCUT2D eigenvalue weighted by Gasteiger charge is 2.22. The lowest BCUT2D eigenvalue weighted by Crippen LogP contribution is -2.37. The number of aromatic nitrogens is 2. The molecule has 1 aliphatic rings. The lowest BCUT2D eigenvalue weighted by Gasteiger charge is -2.33. The molecule has 22 heavy (non-hydrogen) atoms. The van der Waals surface area contributed by atoms with Gasteiger partial charge < -0.3 is 9.51 Å². The molecule has 2 aromatic rings. The van der Waals surface area contributed by atoms with Crippen molar-refractivity contribution in [1.29, 1.82) is 0 Å². The first-order valence-corrected chi connectivity index (χ1v) is 8.03. The van der Waals surface area contributed by atoms with Crippen molar-refractivity contribution >= 4 is 23.2 Å². The van der Waals surface area contributed by atoms with Crippen LogP contribution in [0, 0.1) is 0 Å². The monoisotopic (exact) mass is 321 g/mol. The highest BCUT2D eigenvalue weighted by Crippen LogP contribution is 2.23. The van der Waals surface area contributed by atoms with Crippen molar-refractivity contribution in [2.45, 2.75) is 45.2 Å². The summed E-state index contributed by atoms with van der Waals surface area (Å²) in [5.74, 6) is -0.859. The number of pyridine rings is 1. The molecule has 3 rings (SSSR count). The molecule has 2 aromatic heterocycles. The molecule has 1 atom stereocenters. The second-order valence-corrected chi connectivity index (χ2v) is 6.40. The van der Waals surface area contributed by atoms with Gasteiger partial charge in [-0.3, -0.25) is 9.69 Å². The number of nitrogens with zero attached hydrogens (tertiary/aromatic N) is 3. The zero-order valence-electron chi connectivity index (χ0n) is 12.6. The molecule has 0 radical (unpaired) electrons. The Bertz CT molecular complexity index is 698. The first-order chi connectivity index (χ1) is 10.5. The summed E-state index contributed by atoms with van der Waals surface area (Å²) in [6, 6.07) is 4.12. The van der Waals surface area contributed by atoms with Gasteiger partial charge in [0.05, 0.1) is 22.8 Å². The number of piperidine rings is 1. The van der Waals surface area contributed by atoms with Crippen LogP contribution in [0.5, 0.6) is 0 Å². The van der Waals surface area contributed by atoms with E-state index in [0.29, 0.717) is 23.3 Å². The molecule has 1 saturated heterocycles. The minimum Gasteiger partial charge on any atom is -0.481 e. The molecule has 0 saturated carbocycles. The van der Waals surface area contributed by atoms with E-state index < -0.39 is 5.97 Å². The second kappa shape index (κ2) is 6.26. The SMILES string of the molecule is CC1CCCCN1Cc1c(CC(=O)O)nc2ccc(Cl)cn12. The lowest BCUT2D eigenvalue weighted by atomic mass is 10.0. The van der Waals surface area contributed by atoms with Gasteiger partial charge in [0.1, 0.15) is 5.65 Å². The number of carbonyl (C=O) groups is 1. The van der Waals surface area contributed by atoms with Crippen molar-refractivity contribution < 1.29 is 9.90 Å². The Labute approximate surface area is 134 Å². The molecule has 0 amide bonds. The number of hydrogen-bond donors (Lipinski definition) is 1. The molecule has 0 spiro atoms. The normalized spacial score (nSPS) is 19.6. The van der Waals surface area contributed by atoms with Crippen LogP contribution >= 0.6 is 11.6 Å². The Morgan fingerprint density at radius 1 is 1.45 bits per heavy atom. The second-order valence-electron chi connectivity index (χ2n) is 5.97. The van der Waals surface area contributed by atoms with Crippen LogP contribution in [0.3, 0.4) is 0 Å². The van der Waals surface area contributed by atoms with Gasteiger partial charge in [0.2, 0.25) is 0 Å². The van der Waals surface area contributed by atoms with Crippen LogP contribution in [-0.4, -0.2) is 37.9 Å². The minimum atomic E-state index is -0.859. The molecule has 1 N–H and O–H groups in total. The van der Waals surface area contributed by atoms with Gasteiger partial charge in [0.15, 0.2) is 0 Å². The van der Waals surface area contributed by atoms with Crippen molar-refractivity contribution in [1.82, 2.24) is 14.3 Å². The number of likely N-dealkylation sites (tertiary alicyclic amines) is 1. The zero-order valence-corrected chi connectivity index (χ0v) is 13.4. The summed E-state index contributed by atoms with van der Waals surface area (Å²) in [5.41, 5.74) is 2.32. The van der Waals surface area contributed by atoms with E-state index in [1.165, 1.54) is 19.3 Å². The van der Waals surface area contributed by atoms with Gasteiger partial charge in [-0.05, 0) is 38.4 Å². The number of imidazole rings is 1. The summed E-state index contributed by atoms with van der Waals surface area (Å²) in [4.78, 5) is 18.0. The summed E-state index contributed by atoms with van der Waals surface area (Å²) >= 11 is 6.10. The Morgan fingerprint density at radius 2 is 2.27 bits per heavy atom. The molecule has 3 heterocycles. The molecule has 0 aromatic carbocycles. The fourth-order valence-corrected chi connectivity index (χ4v) is 3.31. The van der Waals surface area contributed by atoms with Gasteiger partial charge in [-0.2, -0.15) is 0 Å². The molecule has 1 unspecified atom stereocenters. The average molecular weight is 322 g/mol. The number of halogens is 1. The number of rotatable bonds is 4. The summed E-state index contributed by atoms with van der Waals surface area (Å²) < 4.78 is 1.93. The first kappa shape index (κ1) is 15.3. The van der Waals surface area contributed by atoms with Crippen LogP contribution < -0.4 is 0 Å². The number of hydrogen-bond acceptors (Lipinski definition) is 3. The highest BCUT2D eigenvalue weighted by molar-refractivity contribution is 6.30. The molecule has 1 aliphatic heterocycles. The molecular formula is C16H20ClN3O2. The molecule has 6 heteroatoms.